The van der Waals surface area contributed by atoms with Crippen molar-refractivity contribution >= 4 is 23.1 Å². The number of rotatable bonds is 2. The van der Waals surface area contributed by atoms with E-state index in [2.05, 4.69) is 62.0 Å². The second kappa shape index (κ2) is 10.7. The third kappa shape index (κ3) is 4.87. The zero-order valence-electron chi connectivity index (χ0n) is 17.7. The second-order valence-electron chi connectivity index (χ2n) is 7.49. The third-order valence-electron chi connectivity index (χ3n) is 5.79. The van der Waals surface area contributed by atoms with Crippen LogP contribution in [-0.4, -0.2) is 6.29 Å². The Morgan fingerprint density at radius 3 is 1.84 bits per heavy atom. The number of hydrogen-bond donors (Lipinski definition) is 0. The molecule has 4 aromatic rings. The van der Waals surface area contributed by atoms with E-state index in [0.29, 0.717) is 5.56 Å². The standard InChI is InChI=1S/C16H15.C13H9O.U/c1-12-15-8-4-2-6-13(15)10-11-14-7-3-5-9-16(12)14;1-2-10-7-8-11(9-14)13-6-4-3-5-12(10)13;/h2-9H,10-11H2,1H3;2-8H,1H2;/q2*-1;+2. The van der Waals surface area contributed by atoms with Crippen molar-refractivity contribution in [2.45, 2.75) is 19.8 Å². The molecule has 0 fully saturated rings. The minimum absolute atomic E-state index is 0. The fourth-order valence-corrected chi connectivity index (χ4v) is 4.21. The molecular formula is C29H24OU. The summed E-state index contributed by atoms with van der Waals surface area (Å²) in [5.74, 6) is 1.42. The molecule has 0 N–H and O–H groups in total. The topological polar surface area (TPSA) is 17.1 Å². The van der Waals surface area contributed by atoms with Crippen LogP contribution in [0, 0.1) is 37.0 Å². The summed E-state index contributed by atoms with van der Waals surface area (Å²) < 4.78 is 0. The van der Waals surface area contributed by atoms with Crippen LogP contribution in [0.3, 0.4) is 0 Å². The van der Waals surface area contributed by atoms with Gasteiger partial charge < -0.3 is 4.79 Å². The normalized spacial score (nSPS) is 11.7. The van der Waals surface area contributed by atoms with E-state index in [1.807, 2.05) is 36.6 Å². The summed E-state index contributed by atoms with van der Waals surface area (Å²) in [7, 11) is 0. The van der Waals surface area contributed by atoms with E-state index in [-0.39, 0.29) is 31.1 Å². The molecule has 0 aromatic heterocycles. The first-order chi connectivity index (χ1) is 14.7. The van der Waals surface area contributed by atoms with Crippen LogP contribution in [0.15, 0.2) is 91.5 Å². The van der Waals surface area contributed by atoms with Gasteiger partial charge in [0.25, 0.3) is 0 Å². The fourth-order valence-electron chi connectivity index (χ4n) is 4.21. The summed E-state index contributed by atoms with van der Waals surface area (Å²) in [5, 5.41) is 1.98. The van der Waals surface area contributed by atoms with Crippen LogP contribution in [-0.2, 0) is 17.6 Å². The van der Waals surface area contributed by atoms with Crippen molar-refractivity contribution in [3.05, 3.63) is 131 Å². The van der Waals surface area contributed by atoms with Gasteiger partial charge in [0.15, 0.2) is 0 Å². The van der Waals surface area contributed by atoms with E-state index in [1.165, 1.54) is 28.2 Å². The molecule has 1 aliphatic carbocycles. The maximum absolute atomic E-state index is 10.7. The summed E-state index contributed by atoms with van der Waals surface area (Å²) in [5.41, 5.74) is 7.46. The van der Waals surface area contributed by atoms with Crippen molar-refractivity contribution in [3.63, 3.8) is 0 Å². The van der Waals surface area contributed by atoms with Crippen molar-refractivity contribution in [2.75, 3.05) is 0 Å². The van der Waals surface area contributed by atoms with Gasteiger partial charge in [0.2, 0.25) is 0 Å². The van der Waals surface area contributed by atoms with Gasteiger partial charge in [0.1, 0.15) is 0 Å². The van der Waals surface area contributed by atoms with Crippen LogP contribution in [0.5, 0.6) is 0 Å². The molecule has 1 aliphatic rings. The molecule has 31 heavy (non-hydrogen) atoms. The Balaban J connectivity index is 0.000000172. The summed E-state index contributed by atoms with van der Waals surface area (Å²) in [4.78, 5) is 10.7. The van der Waals surface area contributed by atoms with Gasteiger partial charge in [-0.3, -0.25) is 0 Å². The van der Waals surface area contributed by atoms with Crippen LogP contribution in [0.2, 0.25) is 0 Å². The van der Waals surface area contributed by atoms with Gasteiger partial charge in [0.05, 0.1) is 6.29 Å². The van der Waals surface area contributed by atoms with Crippen LogP contribution >= 0.6 is 0 Å². The van der Waals surface area contributed by atoms with Crippen molar-refractivity contribution in [1.82, 2.24) is 0 Å². The van der Waals surface area contributed by atoms with Gasteiger partial charge in [-0.05, 0) is 5.56 Å². The number of fused-ring (bicyclic) bond motifs is 3. The Kier molecular flexibility index (Phi) is 7.97. The average Bonchev–Trinajstić information content (AvgIpc) is 2.96. The largest absolute Gasteiger partial charge is 2.00 e. The molecule has 4 aromatic carbocycles. The zero-order valence-corrected chi connectivity index (χ0v) is 21.9. The number of carbonyl (C=O) groups excluding carboxylic acids is 1. The van der Waals surface area contributed by atoms with Gasteiger partial charge in [0, 0.05) is 0 Å². The molecule has 0 aliphatic heterocycles. The summed E-state index contributed by atoms with van der Waals surface area (Å²) in [6, 6.07) is 29.0. The molecule has 5 rings (SSSR count). The monoisotopic (exact) mass is 626 g/mol. The number of aryl methyl sites for hydroxylation is 2. The molecule has 0 atom stereocenters. The Morgan fingerprint density at radius 2 is 1.29 bits per heavy atom. The van der Waals surface area contributed by atoms with Crippen LogP contribution in [0.4, 0.5) is 0 Å². The second-order valence-corrected chi connectivity index (χ2v) is 7.49. The van der Waals surface area contributed by atoms with E-state index in [0.717, 1.165) is 29.2 Å². The molecule has 2 heteroatoms. The van der Waals surface area contributed by atoms with Gasteiger partial charge in [-0.25, -0.2) is 0 Å². The Labute approximate surface area is 208 Å². The van der Waals surface area contributed by atoms with Crippen molar-refractivity contribution in [3.8, 4) is 0 Å². The Morgan fingerprint density at radius 1 is 0.774 bits per heavy atom. The SMILES string of the molecule is C=Cc1ccc([C-]=O)c2ccccc12.C[C-]1c2ccccc2CCc2ccccc21.[U+2]. The molecule has 0 radical (unpaired) electrons. The van der Waals surface area contributed by atoms with Crippen LogP contribution < -0.4 is 0 Å². The molecule has 0 saturated carbocycles. The Bertz CT molecular complexity index is 1110. The molecule has 0 heterocycles. The van der Waals surface area contributed by atoms with E-state index < -0.39 is 0 Å². The Hall–Kier alpha value is -2.53. The van der Waals surface area contributed by atoms with Gasteiger partial charge >= 0.3 is 31.1 Å². The van der Waals surface area contributed by atoms with E-state index >= 15 is 0 Å². The summed E-state index contributed by atoms with van der Waals surface area (Å²) in [6.07, 6.45) is 6.04. The van der Waals surface area contributed by atoms with Crippen molar-refractivity contribution < 1.29 is 35.9 Å². The molecule has 150 valence electrons. The third-order valence-corrected chi connectivity index (χ3v) is 5.79. The van der Waals surface area contributed by atoms with E-state index in [1.54, 1.807) is 12.1 Å². The average molecular weight is 627 g/mol. The summed E-state index contributed by atoms with van der Waals surface area (Å²) >= 11 is 0. The molecule has 1 nitrogen and oxygen atoms in total. The molecular weight excluding hydrogens is 602 g/mol. The molecule has 0 unspecified atom stereocenters. The van der Waals surface area contributed by atoms with Crippen LogP contribution in [0.1, 0.15) is 40.3 Å². The first-order valence-corrected chi connectivity index (χ1v) is 10.3. The molecule has 0 amide bonds. The van der Waals surface area contributed by atoms with E-state index in [9.17, 15) is 4.79 Å². The summed E-state index contributed by atoms with van der Waals surface area (Å²) in [6.45, 7) is 5.98. The fraction of sp³-hybridized carbons (Fsp3) is 0.103. The molecule has 0 saturated heterocycles. The van der Waals surface area contributed by atoms with E-state index in [4.69, 9.17) is 0 Å². The van der Waals surface area contributed by atoms with Gasteiger partial charge in [-0.15, -0.1) is 63.4 Å². The maximum Gasteiger partial charge on any atom is 2.00 e. The zero-order chi connectivity index (χ0) is 20.9. The number of hydrogen-bond acceptors (Lipinski definition) is 1. The van der Waals surface area contributed by atoms with Crippen molar-refractivity contribution in [2.24, 2.45) is 0 Å². The first kappa shape index (κ1) is 23.1. The van der Waals surface area contributed by atoms with Crippen molar-refractivity contribution in [1.29, 1.82) is 0 Å². The molecule has 0 bridgehead atoms. The quantitative estimate of drug-likeness (QED) is 0.226. The van der Waals surface area contributed by atoms with Gasteiger partial charge in [-0.2, -0.15) is 6.07 Å². The predicted octanol–water partition coefficient (Wildman–Crippen LogP) is 6.72. The smallest absolute Gasteiger partial charge is 0.376 e. The molecule has 0 spiro atoms. The number of benzene rings is 4. The first-order valence-electron chi connectivity index (χ1n) is 10.3. The van der Waals surface area contributed by atoms with Gasteiger partial charge in [-0.1, -0.05) is 92.4 Å². The minimum atomic E-state index is 0. The predicted molar refractivity (Wildman–Crippen MR) is 126 cm³/mol. The minimum Gasteiger partial charge on any atom is -0.376 e. The maximum atomic E-state index is 10.7. The van der Waals surface area contributed by atoms with Crippen LogP contribution in [0.25, 0.3) is 16.8 Å².